The Bertz CT molecular complexity index is 1190. The molecule has 0 saturated carbocycles. The largest absolute Gasteiger partial charge is 0.352 e. The van der Waals surface area contributed by atoms with Crippen molar-refractivity contribution in [3.8, 4) is 0 Å². The van der Waals surface area contributed by atoms with Gasteiger partial charge in [-0.05, 0) is 47.7 Å². The monoisotopic (exact) mass is 411 g/mol. The number of hydrogen-bond acceptors (Lipinski definition) is 2. The van der Waals surface area contributed by atoms with E-state index in [1.54, 1.807) is 0 Å². The van der Waals surface area contributed by atoms with Crippen LogP contribution in [0.1, 0.15) is 52.6 Å². The number of para-hydroxylation sites is 2. The van der Waals surface area contributed by atoms with Crippen LogP contribution in [-0.4, -0.2) is 22.0 Å². The summed E-state index contributed by atoms with van der Waals surface area (Å²) in [6.07, 6.45) is 0.677. The molecule has 0 saturated heterocycles. The van der Waals surface area contributed by atoms with Gasteiger partial charge in [0.2, 0.25) is 0 Å². The molecule has 0 spiro atoms. The molecule has 158 valence electrons. The Morgan fingerprint density at radius 3 is 2.42 bits per heavy atom. The molecule has 1 N–H and O–H groups in total. The fourth-order valence-electron chi connectivity index (χ4n) is 3.89. The summed E-state index contributed by atoms with van der Waals surface area (Å²) in [4.78, 5) is 17.4. The summed E-state index contributed by atoms with van der Waals surface area (Å²) >= 11 is 0. The van der Waals surface area contributed by atoms with Gasteiger partial charge in [-0.3, -0.25) is 4.79 Å². The van der Waals surface area contributed by atoms with Crippen LogP contribution in [0.4, 0.5) is 0 Å². The fraction of sp³-hybridized carbons (Fsp3) is 0.259. The van der Waals surface area contributed by atoms with Crippen molar-refractivity contribution in [3.63, 3.8) is 0 Å². The molecule has 4 rings (SSSR count). The van der Waals surface area contributed by atoms with Crippen LogP contribution < -0.4 is 5.32 Å². The molecule has 3 aromatic carbocycles. The molecular weight excluding hydrogens is 382 g/mol. The smallest absolute Gasteiger partial charge is 0.251 e. The lowest BCUT2D eigenvalue weighted by atomic mass is 10.0. The van der Waals surface area contributed by atoms with Gasteiger partial charge in [0.15, 0.2) is 0 Å². The van der Waals surface area contributed by atoms with Crippen molar-refractivity contribution >= 4 is 16.9 Å². The van der Waals surface area contributed by atoms with Crippen molar-refractivity contribution in [1.82, 2.24) is 14.9 Å². The highest BCUT2D eigenvalue weighted by molar-refractivity contribution is 5.95. The van der Waals surface area contributed by atoms with E-state index in [1.165, 1.54) is 11.1 Å². The topological polar surface area (TPSA) is 46.9 Å². The number of imidazole rings is 1. The molecule has 4 aromatic rings. The minimum Gasteiger partial charge on any atom is -0.352 e. The average Bonchev–Trinajstić information content (AvgIpc) is 3.11. The highest BCUT2D eigenvalue weighted by Gasteiger charge is 2.13. The lowest BCUT2D eigenvalue weighted by Crippen LogP contribution is -2.27. The lowest BCUT2D eigenvalue weighted by Gasteiger charge is -2.12. The van der Waals surface area contributed by atoms with Crippen LogP contribution in [0.5, 0.6) is 0 Å². The van der Waals surface area contributed by atoms with Gasteiger partial charge in [0, 0.05) is 25.1 Å². The van der Waals surface area contributed by atoms with Gasteiger partial charge in [0.1, 0.15) is 5.82 Å². The highest BCUT2D eigenvalue weighted by Crippen LogP contribution is 2.20. The van der Waals surface area contributed by atoms with Gasteiger partial charge in [-0.15, -0.1) is 0 Å². The zero-order valence-corrected chi connectivity index (χ0v) is 18.4. The highest BCUT2D eigenvalue weighted by atomic mass is 16.1. The molecular formula is C27H29N3O. The van der Waals surface area contributed by atoms with Crippen molar-refractivity contribution in [2.24, 2.45) is 0 Å². The number of benzene rings is 3. The van der Waals surface area contributed by atoms with Crippen molar-refractivity contribution < 1.29 is 4.79 Å². The lowest BCUT2D eigenvalue weighted by molar-refractivity contribution is 0.0953. The first-order valence-electron chi connectivity index (χ1n) is 10.9. The summed E-state index contributed by atoms with van der Waals surface area (Å²) in [5.41, 5.74) is 6.41. The van der Waals surface area contributed by atoms with E-state index in [1.807, 2.05) is 49.4 Å². The molecule has 0 aliphatic heterocycles. The molecule has 0 aliphatic rings. The van der Waals surface area contributed by atoms with Gasteiger partial charge in [-0.2, -0.15) is 0 Å². The summed E-state index contributed by atoms with van der Waals surface area (Å²) in [6, 6.07) is 24.7. The minimum absolute atomic E-state index is 0.0370. The number of carbonyl (C=O) groups is 1. The van der Waals surface area contributed by atoms with E-state index in [-0.39, 0.29) is 5.91 Å². The summed E-state index contributed by atoms with van der Waals surface area (Å²) in [7, 11) is 0. The second-order valence-electron chi connectivity index (χ2n) is 8.32. The van der Waals surface area contributed by atoms with Gasteiger partial charge in [0.05, 0.1) is 11.0 Å². The van der Waals surface area contributed by atoms with Crippen LogP contribution >= 0.6 is 0 Å². The number of amides is 1. The maximum Gasteiger partial charge on any atom is 0.251 e. The van der Waals surface area contributed by atoms with Gasteiger partial charge >= 0.3 is 0 Å². The number of aryl methyl sites for hydroxylation is 1. The van der Waals surface area contributed by atoms with E-state index in [9.17, 15) is 4.79 Å². The molecule has 1 heterocycles. The Labute approximate surface area is 183 Å². The van der Waals surface area contributed by atoms with E-state index < -0.39 is 0 Å². The normalized spacial score (nSPS) is 11.2. The molecule has 4 heteroatoms. The zero-order chi connectivity index (χ0) is 21.8. The molecule has 0 fully saturated rings. The van der Waals surface area contributed by atoms with Crippen LogP contribution in [0, 0.1) is 6.92 Å². The SMILES string of the molecule is Cc1ccccc1C(=O)NCCc1nc2ccccc2n1Cc1ccc(C(C)C)cc1. The molecule has 0 unspecified atom stereocenters. The van der Waals surface area contributed by atoms with Gasteiger partial charge in [-0.25, -0.2) is 4.98 Å². The van der Waals surface area contributed by atoms with E-state index in [4.69, 9.17) is 4.98 Å². The third kappa shape index (κ3) is 4.69. The van der Waals surface area contributed by atoms with Crippen LogP contribution in [0.3, 0.4) is 0 Å². The molecule has 0 bridgehead atoms. The third-order valence-corrected chi connectivity index (χ3v) is 5.74. The number of fused-ring (bicyclic) bond motifs is 1. The summed E-state index contributed by atoms with van der Waals surface area (Å²) in [6.45, 7) is 7.69. The van der Waals surface area contributed by atoms with Crippen LogP contribution in [-0.2, 0) is 13.0 Å². The second kappa shape index (κ2) is 9.17. The van der Waals surface area contributed by atoms with Crippen LogP contribution in [0.2, 0.25) is 0 Å². The number of aromatic nitrogens is 2. The summed E-state index contributed by atoms with van der Waals surface area (Å²) < 4.78 is 2.26. The Morgan fingerprint density at radius 1 is 0.968 bits per heavy atom. The number of carbonyl (C=O) groups excluding carboxylic acids is 1. The van der Waals surface area contributed by atoms with Crippen LogP contribution in [0.15, 0.2) is 72.8 Å². The van der Waals surface area contributed by atoms with Crippen LogP contribution in [0.25, 0.3) is 11.0 Å². The minimum atomic E-state index is -0.0370. The Hall–Kier alpha value is -3.40. The molecule has 0 radical (unpaired) electrons. The van der Waals surface area contributed by atoms with E-state index >= 15 is 0 Å². The Balaban J connectivity index is 1.52. The van der Waals surface area contributed by atoms with Crippen molar-refractivity contribution in [1.29, 1.82) is 0 Å². The first kappa shape index (κ1) is 20.9. The molecule has 31 heavy (non-hydrogen) atoms. The molecule has 0 aliphatic carbocycles. The molecule has 0 atom stereocenters. The van der Waals surface area contributed by atoms with Gasteiger partial charge in [0.25, 0.3) is 5.91 Å². The van der Waals surface area contributed by atoms with E-state index in [0.29, 0.717) is 18.9 Å². The molecule has 1 amide bonds. The predicted molar refractivity (Wildman–Crippen MR) is 127 cm³/mol. The predicted octanol–water partition coefficient (Wildman–Crippen LogP) is 5.49. The zero-order valence-electron chi connectivity index (χ0n) is 18.4. The van der Waals surface area contributed by atoms with Gasteiger partial charge < -0.3 is 9.88 Å². The molecule has 4 nitrogen and oxygen atoms in total. The van der Waals surface area contributed by atoms with E-state index in [0.717, 1.165) is 34.5 Å². The summed E-state index contributed by atoms with van der Waals surface area (Å²) in [5, 5.41) is 3.05. The number of rotatable bonds is 7. The fourth-order valence-corrected chi connectivity index (χ4v) is 3.89. The third-order valence-electron chi connectivity index (χ3n) is 5.74. The number of nitrogens with zero attached hydrogens (tertiary/aromatic N) is 2. The number of hydrogen-bond donors (Lipinski definition) is 1. The Kier molecular flexibility index (Phi) is 6.17. The van der Waals surface area contributed by atoms with E-state index in [2.05, 4.69) is 54.1 Å². The summed E-state index contributed by atoms with van der Waals surface area (Å²) in [5.74, 6) is 1.47. The van der Waals surface area contributed by atoms with Crippen molar-refractivity contribution in [2.75, 3.05) is 6.54 Å². The first-order chi connectivity index (χ1) is 15.0. The molecule has 1 aromatic heterocycles. The van der Waals surface area contributed by atoms with Crippen molar-refractivity contribution in [3.05, 3.63) is 101 Å². The number of nitrogens with one attached hydrogen (secondary N) is 1. The van der Waals surface area contributed by atoms with Crippen molar-refractivity contribution in [2.45, 2.75) is 39.7 Å². The average molecular weight is 412 g/mol. The standard InChI is InChI=1S/C27H29N3O/c1-19(2)22-14-12-21(13-15-22)18-30-25-11-7-6-10-24(25)29-26(30)16-17-28-27(31)23-9-5-4-8-20(23)3/h4-15,19H,16-18H2,1-3H3,(H,28,31). The first-order valence-corrected chi connectivity index (χ1v) is 10.9. The maximum atomic E-state index is 12.6. The second-order valence-corrected chi connectivity index (χ2v) is 8.32. The van der Waals surface area contributed by atoms with Gasteiger partial charge in [-0.1, -0.05) is 68.4 Å². The Morgan fingerprint density at radius 2 is 1.68 bits per heavy atom. The quantitative estimate of drug-likeness (QED) is 0.437. The maximum absolute atomic E-state index is 12.6.